The van der Waals surface area contributed by atoms with Crippen LogP contribution in [0.15, 0.2) is 53.6 Å². The molecule has 1 aromatic carbocycles. The van der Waals surface area contributed by atoms with Gasteiger partial charge in [-0.15, -0.1) is 0 Å². The van der Waals surface area contributed by atoms with Crippen molar-refractivity contribution in [1.29, 1.82) is 0 Å². The van der Waals surface area contributed by atoms with Crippen molar-refractivity contribution in [2.24, 2.45) is 23.2 Å². The number of benzene rings is 1. The number of nitrogens with zero attached hydrogens (tertiary/aromatic N) is 2. The zero-order valence-corrected chi connectivity index (χ0v) is 18.5. The summed E-state index contributed by atoms with van der Waals surface area (Å²) in [6.45, 7) is 1.92. The summed E-state index contributed by atoms with van der Waals surface area (Å²) in [4.78, 5) is 30.6. The molecule has 4 saturated carbocycles. The summed E-state index contributed by atoms with van der Waals surface area (Å²) in [5, 5.41) is 4.54. The quantitative estimate of drug-likeness (QED) is 0.619. The maximum atomic E-state index is 13.2. The highest BCUT2D eigenvalue weighted by Gasteiger charge is 2.51. The lowest BCUT2D eigenvalue weighted by Crippen LogP contribution is -2.47. The predicted molar refractivity (Wildman–Crippen MR) is 126 cm³/mol. The van der Waals surface area contributed by atoms with Crippen LogP contribution in [0, 0.1) is 30.1 Å². The molecule has 0 saturated heterocycles. The van der Waals surface area contributed by atoms with Crippen molar-refractivity contribution in [2.75, 3.05) is 5.32 Å². The monoisotopic (exact) mass is 427 g/mol. The van der Waals surface area contributed by atoms with Crippen LogP contribution >= 0.6 is 0 Å². The molecule has 0 unspecified atom stereocenters. The number of carbonyl (C=O) groups is 1. The molecule has 164 valence electrons. The number of aromatic nitrogens is 2. The van der Waals surface area contributed by atoms with Crippen molar-refractivity contribution in [3.05, 3.63) is 64.8 Å². The molecule has 0 spiro atoms. The lowest BCUT2D eigenvalue weighted by Gasteiger charge is -2.56. The first-order chi connectivity index (χ1) is 15.5. The van der Waals surface area contributed by atoms with E-state index in [9.17, 15) is 9.59 Å². The van der Waals surface area contributed by atoms with E-state index in [4.69, 9.17) is 0 Å². The average Bonchev–Trinajstić information content (AvgIpc) is 2.74. The van der Waals surface area contributed by atoms with Gasteiger partial charge in [-0.2, -0.15) is 0 Å². The lowest BCUT2D eigenvalue weighted by atomic mass is 9.49. The van der Waals surface area contributed by atoms with Gasteiger partial charge in [0.15, 0.2) is 0 Å². The summed E-state index contributed by atoms with van der Waals surface area (Å²) < 4.78 is 1.61. The molecule has 4 fully saturated rings. The van der Waals surface area contributed by atoms with Crippen molar-refractivity contribution < 1.29 is 4.79 Å². The van der Waals surface area contributed by atoms with Gasteiger partial charge in [0.05, 0.1) is 11.9 Å². The number of nitrogens with one attached hydrogen (secondary N) is 1. The molecule has 0 atom stereocenters. The van der Waals surface area contributed by atoms with Crippen LogP contribution < -0.4 is 10.9 Å². The second-order valence-corrected chi connectivity index (χ2v) is 10.6. The number of rotatable bonds is 4. The molecule has 1 amide bonds. The van der Waals surface area contributed by atoms with Gasteiger partial charge >= 0.3 is 0 Å². The fourth-order valence-electron chi connectivity index (χ4n) is 7.23. The number of hydrogen-bond donors (Lipinski definition) is 1. The van der Waals surface area contributed by atoms with Crippen molar-refractivity contribution >= 4 is 22.4 Å². The molecule has 0 aliphatic heterocycles. The van der Waals surface area contributed by atoms with E-state index in [0.29, 0.717) is 11.8 Å². The minimum absolute atomic E-state index is 0.0892. The number of anilines is 1. The molecule has 7 rings (SSSR count). The van der Waals surface area contributed by atoms with Crippen LogP contribution in [0.3, 0.4) is 0 Å². The third-order valence-electron chi connectivity index (χ3n) is 8.09. The van der Waals surface area contributed by atoms with Crippen molar-refractivity contribution in [1.82, 2.24) is 9.55 Å². The topological polar surface area (TPSA) is 64.0 Å². The van der Waals surface area contributed by atoms with Gasteiger partial charge in [-0.05, 0) is 98.9 Å². The lowest BCUT2D eigenvalue weighted by molar-refractivity contribution is -0.124. The van der Waals surface area contributed by atoms with E-state index >= 15 is 0 Å². The van der Waals surface area contributed by atoms with Gasteiger partial charge in [0.2, 0.25) is 5.91 Å². The summed E-state index contributed by atoms with van der Waals surface area (Å²) in [5.74, 6) is 2.59. The highest BCUT2D eigenvalue weighted by Crippen LogP contribution is 2.61. The SMILES string of the molecule is Cc1ccc(-n2ccc3c(NC(=O)CC45CC6CC(CC(C6)C4)C5)cccc3c2=O)cn1. The molecule has 4 bridgehead atoms. The van der Waals surface area contributed by atoms with Gasteiger partial charge in [0, 0.05) is 34.8 Å². The Labute approximate surface area is 187 Å². The molecule has 1 N–H and O–H groups in total. The molecule has 5 heteroatoms. The van der Waals surface area contributed by atoms with Gasteiger partial charge in [-0.25, -0.2) is 0 Å². The van der Waals surface area contributed by atoms with E-state index in [2.05, 4.69) is 10.3 Å². The first-order valence-corrected chi connectivity index (χ1v) is 11.9. The van der Waals surface area contributed by atoms with Crippen LogP contribution in [0.5, 0.6) is 0 Å². The van der Waals surface area contributed by atoms with Gasteiger partial charge in [-0.3, -0.25) is 19.1 Å². The summed E-state index contributed by atoms with van der Waals surface area (Å²) in [7, 11) is 0. The molecule has 0 radical (unpaired) electrons. The largest absolute Gasteiger partial charge is 0.325 e. The van der Waals surface area contributed by atoms with Crippen LogP contribution in [0.2, 0.25) is 0 Å². The minimum Gasteiger partial charge on any atom is -0.325 e. The van der Waals surface area contributed by atoms with E-state index in [1.54, 1.807) is 17.0 Å². The van der Waals surface area contributed by atoms with Crippen LogP contribution in [0.25, 0.3) is 16.5 Å². The third-order valence-corrected chi connectivity index (χ3v) is 8.09. The van der Waals surface area contributed by atoms with Crippen molar-refractivity contribution in [3.8, 4) is 5.69 Å². The number of pyridine rings is 2. The predicted octanol–water partition coefficient (Wildman–Crippen LogP) is 5.24. The van der Waals surface area contributed by atoms with E-state index in [0.717, 1.165) is 40.2 Å². The van der Waals surface area contributed by atoms with E-state index < -0.39 is 0 Å². The van der Waals surface area contributed by atoms with Gasteiger partial charge in [-0.1, -0.05) is 6.07 Å². The number of carbonyl (C=O) groups excluding carboxylic acids is 1. The molecule has 2 heterocycles. The third kappa shape index (κ3) is 3.35. The van der Waals surface area contributed by atoms with E-state index in [-0.39, 0.29) is 16.9 Å². The Morgan fingerprint density at radius 2 is 1.75 bits per heavy atom. The Morgan fingerprint density at radius 1 is 1.03 bits per heavy atom. The standard InChI is InChI=1S/C27H29N3O2/c1-17-5-6-21(16-28-17)30-8-7-22-23(26(30)32)3-2-4-24(22)29-25(31)15-27-12-18-9-19(13-27)11-20(10-18)14-27/h2-8,16,18-20H,9-15H2,1H3,(H,29,31). The van der Waals surface area contributed by atoms with E-state index in [1.165, 1.54) is 38.5 Å². The van der Waals surface area contributed by atoms with Crippen LogP contribution in [0.4, 0.5) is 5.69 Å². The molecular weight excluding hydrogens is 398 g/mol. The highest BCUT2D eigenvalue weighted by atomic mass is 16.1. The zero-order chi connectivity index (χ0) is 21.9. The first kappa shape index (κ1) is 19.7. The summed E-state index contributed by atoms with van der Waals surface area (Å²) in [6.07, 6.45) is 11.9. The molecule has 3 aromatic rings. The van der Waals surface area contributed by atoms with Crippen LogP contribution in [-0.4, -0.2) is 15.5 Å². The number of amides is 1. The number of hydrogen-bond acceptors (Lipinski definition) is 3. The average molecular weight is 428 g/mol. The Bertz CT molecular complexity index is 1220. The Hall–Kier alpha value is -2.95. The van der Waals surface area contributed by atoms with Gasteiger partial charge in [0.25, 0.3) is 5.56 Å². The summed E-state index contributed by atoms with van der Waals surface area (Å²) >= 11 is 0. The molecule has 4 aliphatic rings. The number of aryl methyl sites for hydroxylation is 1. The number of fused-ring (bicyclic) bond motifs is 1. The first-order valence-electron chi connectivity index (χ1n) is 11.9. The maximum absolute atomic E-state index is 13.2. The fourth-order valence-corrected chi connectivity index (χ4v) is 7.23. The minimum atomic E-state index is -0.106. The highest BCUT2D eigenvalue weighted by molar-refractivity contribution is 6.02. The van der Waals surface area contributed by atoms with Crippen LogP contribution in [-0.2, 0) is 4.79 Å². The molecule has 4 aliphatic carbocycles. The van der Waals surface area contributed by atoms with Gasteiger partial charge < -0.3 is 5.32 Å². The summed E-state index contributed by atoms with van der Waals surface area (Å²) in [6, 6.07) is 11.3. The Morgan fingerprint density at radius 3 is 2.41 bits per heavy atom. The summed E-state index contributed by atoms with van der Waals surface area (Å²) in [5.41, 5.74) is 2.47. The van der Waals surface area contributed by atoms with Crippen LogP contribution in [0.1, 0.15) is 50.6 Å². The van der Waals surface area contributed by atoms with Crippen molar-refractivity contribution in [3.63, 3.8) is 0 Å². The Kier molecular flexibility index (Phi) is 4.49. The van der Waals surface area contributed by atoms with Gasteiger partial charge in [0.1, 0.15) is 0 Å². The van der Waals surface area contributed by atoms with E-state index in [1.807, 2.05) is 43.3 Å². The van der Waals surface area contributed by atoms with Crippen molar-refractivity contribution in [2.45, 2.75) is 51.9 Å². The maximum Gasteiger partial charge on any atom is 0.263 e. The molecule has 32 heavy (non-hydrogen) atoms. The molecule has 5 nitrogen and oxygen atoms in total. The normalized spacial score (nSPS) is 28.2. The second-order valence-electron chi connectivity index (χ2n) is 10.6. The molecule has 2 aromatic heterocycles. The Balaban J connectivity index is 1.27. The smallest absolute Gasteiger partial charge is 0.263 e. The second kappa shape index (κ2) is 7.29. The zero-order valence-electron chi connectivity index (χ0n) is 18.5. The fraction of sp³-hybridized carbons (Fsp3) is 0.444. The molecular formula is C27H29N3O2.